The standard InChI is InChI=1S/C17H25NO2S/c19-16(15-11-7-6-8-12-15)13-9-4-2-1-3-5-10-14-17(20)18-21/h6-8,11-12,21H,1-5,9-10,13-14H2,(H,18,20). The lowest BCUT2D eigenvalue weighted by atomic mass is 10.0. The Morgan fingerprint density at radius 2 is 1.33 bits per heavy atom. The van der Waals surface area contributed by atoms with Crippen LogP contribution in [0.5, 0.6) is 0 Å². The van der Waals surface area contributed by atoms with Gasteiger partial charge in [0.2, 0.25) is 5.91 Å². The molecule has 1 amide bonds. The van der Waals surface area contributed by atoms with Gasteiger partial charge in [-0.15, -0.1) is 0 Å². The predicted molar refractivity (Wildman–Crippen MR) is 89.5 cm³/mol. The number of thiol groups is 1. The van der Waals surface area contributed by atoms with E-state index in [1.807, 2.05) is 30.3 Å². The summed E-state index contributed by atoms with van der Waals surface area (Å²) in [5.41, 5.74) is 0.819. The first-order valence-electron chi connectivity index (χ1n) is 7.75. The highest BCUT2D eigenvalue weighted by atomic mass is 32.1. The average molecular weight is 307 g/mol. The zero-order valence-corrected chi connectivity index (χ0v) is 13.4. The Balaban J connectivity index is 1.93. The van der Waals surface area contributed by atoms with E-state index in [1.165, 1.54) is 12.8 Å². The van der Waals surface area contributed by atoms with Crippen LogP contribution in [0.15, 0.2) is 30.3 Å². The van der Waals surface area contributed by atoms with Crippen molar-refractivity contribution in [1.82, 2.24) is 4.72 Å². The normalized spacial score (nSPS) is 10.3. The van der Waals surface area contributed by atoms with Crippen molar-refractivity contribution in [2.75, 3.05) is 0 Å². The first-order valence-corrected chi connectivity index (χ1v) is 8.20. The highest BCUT2D eigenvalue weighted by Crippen LogP contribution is 2.12. The van der Waals surface area contributed by atoms with E-state index in [-0.39, 0.29) is 11.7 Å². The number of Topliss-reactive ketones (excluding diaryl/α,β-unsaturated/α-hetero) is 1. The lowest BCUT2D eigenvalue weighted by Crippen LogP contribution is -2.11. The number of carbonyl (C=O) groups excluding carboxylic acids is 2. The molecule has 0 saturated carbocycles. The van der Waals surface area contributed by atoms with Gasteiger partial charge in [0.15, 0.2) is 5.78 Å². The van der Waals surface area contributed by atoms with Gasteiger partial charge in [-0.05, 0) is 12.8 Å². The van der Waals surface area contributed by atoms with Crippen molar-refractivity contribution in [3.05, 3.63) is 35.9 Å². The number of benzene rings is 1. The fourth-order valence-electron chi connectivity index (χ4n) is 2.28. The molecule has 116 valence electrons. The van der Waals surface area contributed by atoms with Crippen molar-refractivity contribution in [2.45, 2.75) is 57.8 Å². The predicted octanol–water partition coefficient (Wildman–Crippen LogP) is 4.34. The van der Waals surface area contributed by atoms with Crippen LogP contribution in [0.4, 0.5) is 0 Å². The van der Waals surface area contributed by atoms with E-state index in [0.717, 1.165) is 37.7 Å². The zero-order valence-electron chi connectivity index (χ0n) is 12.5. The van der Waals surface area contributed by atoms with Gasteiger partial charge in [0.25, 0.3) is 0 Å². The van der Waals surface area contributed by atoms with Crippen LogP contribution in [0.25, 0.3) is 0 Å². The molecule has 0 aromatic heterocycles. The fourth-order valence-corrected chi connectivity index (χ4v) is 2.39. The molecule has 0 fully saturated rings. The summed E-state index contributed by atoms with van der Waals surface area (Å²) >= 11 is 3.71. The van der Waals surface area contributed by atoms with E-state index >= 15 is 0 Å². The smallest absolute Gasteiger partial charge is 0.229 e. The topological polar surface area (TPSA) is 46.2 Å². The summed E-state index contributed by atoms with van der Waals surface area (Å²) in [5.74, 6) is 0.242. The molecule has 0 spiro atoms. The number of unbranched alkanes of at least 4 members (excludes halogenated alkanes) is 6. The molecule has 0 unspecified atom stereocenters. The third kappa shape index (κ3) is 8.56. The van der Waals surface area contributed by atoms with Crippen LogP contribution in [0, 0.1) is 0 Å². The highest BCUT2D eigenvalue weighted by molar-refractivity contribution is 7.78. The molecule has 21 heavy (non-hydrogen) atoms. The maximum absolute atomic E-state index is 11.9. The minimum absolute atomic E-state index is 0.00208. The number of carbonyl (C=O) groups is 2. The molecule has 1 rings (SSSR count). The maximum atomic E-state index is 11.9. The lowest BCUT2D eigenvalue weighted by molar-refractivity contribution is -0.119. The van der Waals surface area contributed by atoms with Crippen molar-refractivity contribution in [1.29, 1.82) is 0 Å². The number of rotatable bonds is 11. The van der Waals surface area contributed by atoms with Gasteiger partial charge >= 0.3 is 0 Å². The monoisotopic (exact) mass is 307 g/mol. The maximum Gasteiger partial charge on any atom is 0.229 e. The third-order valence-corrected chi connectivity index (χ3v) is 3.78. The molecule has 0 atom stereocenters. The van der Waals surface area contributed by atoms with Crippen molar-refractivity contribution in [2.24, 2.45) is 0 Å². The number of hydrogen-bond donors (Lipinski definition) is 2. The summed E-state index contributed by atoms with van der Waals surface area (Å²) in [6.45, 7) is 0. The molecule has 4 heteroatoms. The average Bonchev–Trinajstić information content (AvgIpc) is 2.53. The molecule has 1 aromatic carbocycles. The zero-order chi connectivity index (χ0) is 15.3. The Morgan fingerprint density at radius 3 is 1.90 bits per heavy atom. The van der Waals surface area contributed by atoms with Gasteiger partial charge in [0.1, 0.15) is 0 Å². The Kier molecular flexibility index (Phi) is 9.62. The van der Waals surface area contributed by atoms with E-state index in [4.69, 9.17) is 0 Å². The van der Waals surface area contributed by atoms with Gasteiger partial charge < -0.3 is 4.72 Å². The molecule has 0 aliphatic rings. The van der Waals surface area contributed by atoms with Crippen LogP contribution < -0.4 is 4.72 Å². The second kappa shape index (κ2) is 11.4. The van der Waals surface area contributed by atoms with Crippen molar-refractivity contribution in [3.63, 3.8) is 0 Å². The van der Waals surface area contributed by atoms with Crippen LogP contribution in [0.1, 0.15) is 68.1 Å². The van der Waals surface area contributed by atoms with Gasteiger partial charge in [-0.1, -0.05) is 75.3 Å². The second-order valence-electron chi connectivity index (χ2n) is 5.30. The Hall–Kier alpha value is -1.29. The Morgan fingerprint density at radius 1 is 0.810 bits per heavy atom. The van der Waals surface area contributed by atoms with E-state index in [9.17, 15) is 9.59 Å². The molecule has 1 aromatic rings. The molecule has 0 bridgehead atoms. The van der Waals surface area contributed by atoms with Crippen molar-refractivity contribution >= 4 is 24.5 Å². The summed E-state index contributed by atoms with van der Waals surface area (Å²) in [7, 11) is 0. The van der Waals surface area contributed by atoms with Crippen LogP contribution in [-0.4, -0.2) is 11.7 Å². The highest BCUT2D eigenvalue weighted by Gasteiger charge is 2.04. The Bertz CT molecular complexity index is 420. The summed E-state index contributed by atoms with van der Waals surface area (Å²) in [4.78, 5) is 22.8. The second-order valence-corrected chi connectivity index (χ2v) is 5.52. The van der Waals surface area contributed by atoms with E-state index in [2.05, 4.69) is 17.5 Å². The largest absolute Gasteiger partial charge is 0.303 e. The molecular weight excluding hydrogens is 282 g/mol. The minimum atomic E-state index is -0.00208. The van der Waals surface area contributed by atoms with Crippen molar-refractivity contribution in [3.8, 4) is 0 Å². The summed E-state index contributed by atoms with van der Waals surface area (Å²) in [6.07, 6.45) is 8.81. The summed E-state index contributed by atoms with van der Waals surface area (Å²) in [6, 6.07) is 9.49. The number of ketones is 1. The molecule has 0 saturated heterocycles. The van der Waals surface area contributed by atoms with Gasteiger partial charge in [0.05, 0.1) is 0 Å². The number of amides is 1. The summed E-state index contributed by atoms with van der Waals surface area (Å²) < 4.78 is 2.33. The van der Waals surface area contributed by atoms with E-state index in [0.29, 0.717) is 12.8 Å². The van der Waals surface area contributed by atoms with Crippen LogP contribution in [0.3, 0.4) is 0 Å². The molecule has 1 N–H and O–H groups in total. The first-order chi connectivity index (χ1) is 10.2. The SMILES string of the molecule is O=C(CCCCCCCCCC(=O)c1ccccc1)NS. The molecule has 0 radical (unpaired) electrons. The molecule has 0 aliphatic heterocycles. The molecule has 0 aliphatic carbocycles. The van der Waals surface area contributed by atoms with Gasteiger partial charge in [0, 0.05) is 18.4 Å². The molecular formula is C17H25NO2S. The minimum Gasteiger partial charge on any atom is -0.303 e. The number of hydrogen-bond acceptors (Lipinski definition) is 3. The number of nitrogens with one attached hydrogen (secondary N) is 1. The summed E-state index contributed by atoms with van der Waals surface area (Å²) in [5, 5.41) is 0. The van der Waals surface area contributed by atoms with Crippen LogP contribution >= 0.6 is 12.8 Å². The van der Waals surface area contributed by atoms with E-state index in [1.54, 1.807) is 0 Å². The third-order valence-electron chi connectivity index (χ3n) is 3.53. The fraction of sp³-hybridized carbons (Fsp3) is 0.529. The molecule has 3 nitrogen and oxygen atoms in total. The van der Waals surface area contributed by atoms with E-state index < -0.39 is 0 Å². The Labute approximate surface area is 133 Å². The van der Waals surface area contributed by atoms with Gasteiger partial charge in [-0.25, -0.2) is 0 Å². The van der Waals surface area contributed by atoms with Crippen molar-refractivity contribution < 1.29 is 9.59 Å². The van der Waals surface area contributed by atoms with Crippen LogP contribution in [-0.2, 0) is 4.79 Å². The van der Waals surface area contributed by atoms with Gasteiger partial charge in [-0.2, -0.15) is 0 Å². The quantitative estimate of drug-likeness (QED) is 0.363. The van der Waals surface area contributed by atoms with Gasteiger partial charge in [-0.3, -0.25) is 9.59 Å². The molecule has 0 heterocycles. The lowest BCUT2D eigenvalue weighted by Gasteiger charge is -2.03. The first kappa shape index (κ1) is 17.8. The van der Waals surface area contributed by atoms with Crippen LogP contribution in [0.2, 0.25) is 0 Å².